The molecule has 7 nitrogen and oxygen atoms in total. The molecule has 0 amide bonds. The molecule has 44 heavy (non-hydrogen) atoms. The summed E-state index contributed by atoms with van der Waals surface area (Å²) < 4.78 is 32.4. The van der Waals surface area contributed by atoms with Crippen LogP contribution in [-0.4, -0.2) is 24.3 Å². The smallest absolute Gasteiger partial charge is 0.338 e. The first-order valence-corrected chi connectivity index (χ1v) is 15.5. The van der Waals surface area contributed by atoms with Gasteiger partial charge in [0.1, 0.15) is 30.0 Å². The van der Waals surface area contributed by atoms with E-state index in [0.717, 1.165) is 5.56 Å². The average Bonchev–Trinajstić information content (AvgIpc) is 3.31. The van der Waals surface area contributed by atoms with E-state index in [4.69, 9.17) is 42.4 Å². The Hall–Kier alpha value is -3.92. The van der Waals surface area contributed by atoms with Gasteiger partial charge in [0.2, 0.25) is 0 Å². The highest BCUT2D eigenvalue weighted by Crippen LogP contribution is 2.38. The van der Waals surface area contributed by atoms with Crippen molar-refractivity contribution in [3.05, 3.63) is 124 Å². The van der Waals surface area contributed by atoms with Crippen LogP contribution >= 0.6 is 34.5 Å². The number of esters is 1. The molecule has 4 aromatic rings. The molecule has 3 aromatic carbocycles. The SMILES string of the molecule is CCCC1=C(C(=O)OCC)[C@@H](c2cc(Cl)ccc2OC)n2c(s/c(=C/c3cc(Cl)ccc3OCc3ccc(F)cc3)c2=O)=N1. The van der Waals surface area contributed by atoms with Crippen molar-refractivity contribution in [2.45, 2.75) is 39.3 Å². The Labute approximate surface area is 267 Å². The number of aromatic nitrogens is 1. The Bertz CT molecular complexity index is 1920. The van der Waals surface area contributed by atoms with E-state index in [9.17, 15) is 14.0 Å². The quantitative estimate of drug-likeness (QED) is 0.180. The molecule has 0 radical (unpaired) electrons. The van der Waals surface area contributed by atoms with Crippen LogP contribution in [-0.2, 0) is 16.1 Å². The van der Waals surface area contributed by atoms with Crippen LogP contribution in [0.1, 0.15) is 49.4 Å². The lowest BCUT2D eigenvalue weighted by Crippen LogP contribution is -2.40. The van der Waals surface area contributed by atoms with Gasteiger partial charge in [0.15, 0.2) is 4.80 Å². The molecule has 0 fully saturated rings. The third-order valence-electron chi connectivity index (χ3n) is 6.94. The maximum atomic E-state index is 14.2. The molecule has 0 saturated heterocycles. The summed E-state index contributed by atoms with van der Waals surface area (Å²) in [6.45, 7) is 4.05. The maximum absolute atomic E-state index is 14.2. The fraction of sp³-hybridized carbons (Fsp3) is 0.242. The van der Waals surface area contributed by atoms with Crippen LogP contribution in [0.15, 0.2) is 81.7 Å². The normalized spacial score (nSPS) is 14.7. The van der Waals surface area contributed by atoms with Crippen molar-refractivity contribution in [1.29, 1.82) is 0 Å². The minimum atomic E-state index is -0.892. The standard InChI is InChI=1S/C33H29Cl2FN2O5S/c1-4-6-25-29(32(40)42-5-2)30(24-17-22(35)10-14-27(24)41-3)38-31(39)28(44-33(38)37-25)16-20-15-21(34)9-13-26(20)43-18-19-7-11-23(36)12-8-19/h7-17,30H,4-6,18H2,1-3H3/b28-16+/t30-/m1/s1. The third kappa shape index (κ3) is 6.60. The van der Waals surface area contributed by atoms with Gasteiger partial charge in [0.05, 0.1) is 29.5 Å². The minimum Gasteiger partial charge on any atom is -0.496 e. The topological polar surface area (TPSA) is 79.1 Å². The second-order valence-corrected chi connectivity index (χ2v) is 11.8. The second-order valence-electron chi connectivity index (χ2n) is 9.90. The van der Waals surface area contributed by atoms with Gasteiger partial charge in [-0.1, -0.05) is 60.0 Å². The molecule has 11 heteroatoms. The minimum absolute atomic E-state index is 0.154. The molecule has 2 heterocycles. The third-order valence-corrected chi connectivity index (χ3v) is 8.40. The zero-order valence-corrected chi connectivity index (χ0v) is 26.6. The summed E-state index contributed by atoms with van der Waals surface area (Å²) in [6, 6.07) is 15.3. The van der Waals surface area contributed by atoms with Crippen molar-refractivity contribution in [1.82, 2.24) is 4.57 Å². The van der Waals surface area contributed by atoms with Crippen molar-refractivity contribution in [2.75, 3.05) is 13.7 Å². The largest absolute Gasteiger partial charge is 0.496 e. The molecular weight excluding hydrogens is 626 g/mol. The molecule has 1 aromatic heterocycles. The summed E-state index contributed by atoms with van der Waals surface area (Å²) in [5.74, 6) is 0.0434. The number of halogens is 3. The number of benzene rings is 3. The van der Waals surface area contributed by atoms with Crippen LogP contribution in [0.5, 0.6) is 11.5 Å². The van der Waals surface area contributed by atoms with Gasteiger partial charge < -0.3 is 14.2 Å². The number of carbonyl (C=O) groups excluding carboxylic acids is 1. The summed E-state index contributed by atoms with van der Waals surface area (Å²) in [4.78, 5) is 32.9. The zero-order chi connectivity index (χ0) is 31.4. The number of hydrogen-bond acceptors (Lipinski definition) is 7. The number of hydrogen-bond donors (Lipinski definition) is 0. The molecule has 1 aliphatic heterocycles. The molecule has 0 bridgehead atoms. The zero-order valence-electron chi connectivity index (χ0n) is 24.2. The van der Waals surface area contributed by atoms with Crippen LogP contribution in [0.3, 0.4) is 0 Å². The number of methoxy groups -OCH3 is 1. The number of carbonyl (C=O) groups is 1. The van der Waals surface area contributed by atoms with Crippen molar-refractivity contribution in [3.8, 4) is 11.5 Å². The van der Waals surface area contributed by atoms with Gasteiger partial charge >= 0.3 is 5.97 Å². The van der Waals surface area contributed by atoms with Crippen molar-refractivity contribution >= 4 is 46.6 Å². The first-order valence-electron chi connectivity index (χ1n) is 14.0. The first-order chi connectivity index (χ1) is 21.2. The summed E-state index contributed by atoms with van der Waals surface area (Å²) >= 11 is 14.0. The molecule has 228 valence electrons. The van der Waals surface area contributed by atoms with Gasteiger partial charge in [-0.3, -0.25) is 9.36 Å². The van der Waals surface area contributed by atoms with Gasteiger partial charge in [-0.15, -0.1) is 0 Å². The van der Waals surface area contributed by atoms with Crippen molar-refractivity contribution < 1.29 is 23.4 Å². The molecule has 0 N–H and O–H groups in total. The Balaban J connectivity index is 1.69. The van der Waals surface area contributed by atoms with Crippen LogP contribution in [0, 0.1) is 5.82 Å². The number of allylic oxidation sites excluding steroid dienone is 1. The van der Waals surface area contributed by atoms with E-state index in [1.165, 1.54) is 35.1 Å². The number of fused-ring (bicyclic) bond motifs is 1. The first kappa shape index (κ1) is 31.5. The highest BCUT2D eigenvalue weighted by Gasteiger charge is 2.36. The molecule has 5 rings (SSSR count). The molecule has 0 unspecified atom stereocenters. The highest BCUT2D eigenvalue weighted by molar-refractivity contribution is 7.07. The van der Waals surface area contributed by atoms with Crippen LogP contribution in [0.25, 0.3) is 6.08 Å². The van der Waals surface area contributed by atoms with Gasteiger partial charge in [-0.25, -0.2) is 14.2 Å². The lowest BCUT2D eigenvalue weighted by Gasteiger charge is -2.27. The van der Waals surface area contributed by atoms with Crippen LogP contribution in [0.4, 0.5) is 4.39 Å². The molecule has 1 aliphatic rings. The van der Waals surface area contributed by atoms with Gasteiger partial charge in [-0.05, 0) is 73.5 Å². The van der Waals surface area contributed by atoms with E-state index < -0.39 is 12.0 Å². The summed E-state index contributed by atoms with van der Waals surface area (Å²) in [6.07, 6.45) is 2.90. The number of rotatable bonds is 10. The van der Waals surface area contributed by atoms with E-state index in [-0.39, 0.29) is 30.2 Å². The van der Waals surface area contributed by atoms with E-state index >= 15 is 0 Å². The average molecular weight is 656 g/mol. The van der Waals surface area contributed by atoms with Crippen molar-refractivity contribution in [3.63, 3.8) is 0 Å². The number of nitrogens with zero attached hydrogens (tertiary/aromatic N) is 2. The predicted octanol–water partition coefficient (Wildman–Crippen LogP) is 6.61. The van der Waals surface area contributed by atoms with E-state index in [1.54, 1.807) is 61.5 Å². The van der Waals surface area contributed by atoms with E-state index in [0.29, 0.717) is 60.5 Å². The molecule has 0 aliphatic carbocycles. The number of thiazole rings is 1. The lowest BCUT2D eigenvalue weighted by atomic mass is 9.93. The monoisotopic (exact) mass is 654 g/mol. The maximum Gasteiger partial charge on any atom is 0.338 e. The lowest BCUT2D eigenvalue weighted by molar-refractivity contribution is -0.139. The van der Waals surface area contributed by atoms with Crippen LogP contribution in [0.2, 0.25) is 10.0 Å². The summed E-state index contributed by atoms with van der Waals surface area (Å²) in [5, 5.41) is 0.872. The summed E-state index contributed by atoms with van der Waals surface area (Å²) in [5.41, 5.74) is 2.31. The fourth-order valence-corrected chi connectivity index (χ4v) is 6.35. The molecule has 1 atom stereocenters. The highest BCUT2D eigenvalue weighted by atomic mass is 35.5. The summed E-state index contributed by atoms with van der Waals surface area (Å²) in [7, 11) is 1.52. The molecular formula is C33H29Cl2FN2O5S. The Morgan fingerprint density at radius 2 is 1.75 bits per heavy atom. The van der Waals surface area contributed by atoms with Gasteiger partial charge in [0.25, 0.3) is 5.56 Å². The van der Waals surface area contributed by atoms with Gasteiger partial charge in [0, 0.05) is 21.2 Å². The number of ether oxygens (including phenoxy) is 3. The van der Waals surface area contributed by atoms with Gasteiger partial charge in [-0.2, -0.15) is 0 Å². The predicted molar refractivity (Wildman–Crippen MR) is 170 cm³/mol. The van der Waals surface area contributed by atoms with E-state index in [2.05, 4.69) is 0 Å². The molecule has 0 spiro atoms. The fourth-order valence-electron chi connectivity index (χ4n) is 4.98. The Kier molecular flexibility index (Phi) is 9.88. The van der Waals surface area contributed by atoms with E-state index in [1.807, 2.05) is 6.92 Å². The Morgan fingerprint density at radius 3 is 2.43 bits per heavy atom. The molecule has 0 saturated carbocycles. The van der Waals surface area contributed by atoms with Crippen LogP contribution < -0.4 is 24.4 Å². The second kappa shape index (κ2) is 13.8. The Morgan fingerprint density at radius 1 is 1.05 bits per heavy atom. The van der Waals surface area contributed by atoms with Crippen molar-refractivity contribution in [2.24, 2.45) is 4.99 Å².